The second-order valence-corrected chi connectivity index (χ2v) is 6.30. The molecule has 0 unspecified atom stereocenters. The summed E-state index contributed by atoms with van der Waals surface area (Å²) in [6, 6.07) is 8.90. The summed E-state index contributed by atoms with van der Waals surface area (Å²) in [4.78, 5) is 0. The number of rotatable bonds is 5. The van der Waals surface area contributed by atoms with Crippen LogP contribution in [0.5, 0.6) is 0 Å². The molecule has 0 radical (unpaired) electrons. The van der Waals surface area contributed by atoms with E-state index in [1.807, 2.05) is 0 Å². The summed E-state index contributed by atoms with van der Waals surface area (Å²) in [5.41, 5.74) is 1.90. The minimum Gasteiger partial charge on any atom is -0.319 e. The first-order valence-electron chi connectivity index (χ1n) is 6.61. The number of benzene rings is 1. The first-order valence-corrected chi connectivity index (χ1v) is 7.40. The van der Waals surface area contributed by atoms with E-state index in [2.05, 4.69) is 59.5 Å². The van der Waals surface area contributed by atoms with Gasteiger partial charge in [-0.1, -0.05) is 47.8 Å². The molecule has 0 aliphatic heterocycles. The van der Waals surface area contributed by atoms with Gasteiger partial charge in [-0.2, -0.15) is 0 Å². The molecule has 1 aromatic carbocycles. The van der Waals surface area contributed by atoms with Crippen molar-refractivity contribution in [3.05, 3.63) is 34.3 Å². The third kappa shape index (κ3) is 2.74. The van der Waals surface area contributed by atoms with Crippen molar-refractivity contribution < 1.29 is 0 Å². The van der Waals surface area contributed by atoms with Crippen molar-refractivity contribution >= 4 is 15.9 Å². The number of nitrogens with one attached hydrogen (secondary N) is 1. The zero-order valence-electron chi connectivity index (χ0n) is 10.8. The average Bonchev–Trinajstić information content (AvgIpc) is 2.27. The number of hydrogen-bond acceptors (Lipinski definition) is 1. The summed E-state index contributed by atoms with van der Waals surface area (Å²) in [6.07, 6.45) is 5.41. The van der Waals surface area contributed by atoms with Crippen molar-refractivity contribution in [3.63, 3.8) is 0 Å². The van der Waals surface area contributed by atoms with Crippen LogP contribution >= 0.6 is 15.9 Å². The van der Waals surface area contributed by atoms with Gasteiger partial charge in [-0.3, -0.25) is 0 Å². The molecule has 0 bridgehead atoms. The predicted molar refractivity (Wildman–Crippen MR) is 77.4 cm³/mol. The van der Waals surface area contributed by atoms with E-state index in [-0.39, 0.29) is 0 Å². The van der Waals surface area contributed by atoms with E-state index < -0.39 is 0 Å². The zero-order chi connectivity index (χ0) is 12.3. The molecular weight excluding hydrogens is 274 g/mol. The van der Waals surface area contributed by atoms with E-state index in [1.54, 1.807) is 0 Å². The topological polar surface area (TPSA) is 12.0 Å². The highest BCUT2D eigenvalue weighted by Crippen LogP contribution is 2.49. The molecule has 0 spiro atoms. The first kappa shape index (κ1) is 13.1. The SMILES string of the molecule is CCCC1CC(CNC)(c2ccc(Br)cc2)C1. The summed E-state index contributed by atoms with van der Waals surface area (Å²) in [6.45, 7) is 3.40. The number of halogens is 1. The third-order valence-electron chi connectivity index (χ3n) is 4.03. The van der Waals surface area contributed by atoms with Gasteiger partial charge in [0.05, 0.1) is 0 Å². The molecule has 0 aromatic heterocycles. The Balaban J connectivity index is 2.11. The van der Waals surface area contributed by atoms with E-state index in [0.29, 0.717) is 5.41 Å². The maximum Gasteiger partial charge on any atom is 0.0175 e. The molecule has 2 rings (SSSR count). The maximum absolute atomic E-state index is 3.51. The van der Waals surface area contributed by atoms with Gasteiger partial charge in [-0.15, -0.1) is 0 Å². The van der Waals surface area contributed by atoms with Gasteiger partial charge in [-0.25, -0.2) is 0 Å². The first-order chi connectivity index (χ1) is 8.20. The minimum absolute atomic E-state index is 0.398. The Morgan fingerprint density at radius 3 is 2.47 bits per heavy atom. The molecule has 0 atom stereocenters. The van der Waals surface area contributed by atoms with Crippen LogP contribution in [0.25, 0.3) is 0 Å². The van der Waals surface area contributed by atoms with E-state index in [4.69, 9.17) is 0 Å². The normalized spacial score (nSPS) is 27.8. The van der Waals surface area contributed by atoms with E-state index in [0.717, 1.165) is 12.5 Å². The van der Waals surface area contributed by atoms with Crippen molar-refractivity contribution in [2.75, 3.05) is 13.6 Å². The zero-order valence-corrected chi connectivity index (χ0v) is 12.4. The Morgan fingerprint density at radius 2 is 1.94 bits per heavy atom. The smallest absolute Gasteiger partial charge is 0.0175 e. The molecule has 1 aliphatic carbocycles. The molecule has 1 fully saturated rings. The highest BCUT2D eigenvalue weighted by atomic mass is 79.9. The monoisotopic (exact) mass is 295 g/mol. The summed E-state index contributed by atoms with van der Waals surface area (Å²) in [7, 11) is 2.06. The van der Waals surface area contributed by atoms with Gasteiger partial charge in [0, 0.05) is 16.4 Å². The minimum atomic E-state index is 0.398. The Bertz CT molecular complexity index is 352. The molecule has 2 heteroatoms. The molecule has 0 amide bonds. The molecular formula is C15H22BrN. The van der Waals surface area contributed by atoms with Crippen LogP contribution in [0.3, 0.4) is 0 Å². The van der Waals surface area contributed by atoms with Crippen LogP contribution in [0.2, 0.25) is 0 Å². The van der Waals surface area contributed by atoms with Gasteiger partial charge >= 0.3 is 0 Å². The predicted octanol–water partition coefficient (Wildman–Crippen LogP) is 4.12. The third-order valence-corrected chi connectivity index (χ3v) is 4.56. The largest absolute Gasteiger partial charge is 0.319 e. The fourth-order valence-electron chi connectivity index (χ4n) is 3.28. The molecule has 17 heavy (non-hydrogen) atoms. The van der Waals surface area contributed by atoms with Crippen LogP contribution in [0.1, 0.15) is 38.2 Å². The summed E-state index contributed by atoms with van der Waals surface area (Å²) >= 11 is 3.51. The van der Waals surface area contributed by atoms with Crippen LogP contribution in [0.4, 0.5) is 0 Å². The lowest BCUT2D eigenvalue weighted by Crippen LogP contribution is -2.47. The molecule has 1 nitrogen and oxygen atoms in total. The standard InChI is InChI=1S/C15H22BrN/c1-3-4-12-9-15(10-12,11-17-2)13-5-7-14(16)8-6-13/h5-8,12,17H,3-4,9-11H2,1-2H3. The van der Waals surface area contributed by atoms with Crippen molar-refractivity contribution in [2.45, 2.75) is 38.0 Å². The summed E-state index contributed by atoms with van der Waals surface area (Å²) < 4.78 is 1.17. The van der Waals surface area contributed by atoms with Gasteiger partial charge in [0.15, 0.2) is 0 Å². The van der Waals surface area contributed by atoms with Crippen LogP contribution in [0.15, 0.2) is 28.7 Å². The Labute approximate surface area is 113 Å². The molecule has 1 N–H and O–H groups in total. The van der Waals surface area contributed by atoms with E-state index >= 15 is 0 Å². The fourth-order valence-corrected chi connectivity index (χ4v) is 3.55. The summed E-state index contributed by atoms with van der Waals surface area (Å²) in [5.74, 6) is 0.942. The number of hydrogen-bond donors (Lipinski definition) is 1. The molecule has 1 aliphatic rings. The maximum atomic E-state index is 3.51. The van der Waals surface area contributed by atoms with Crippen LogP contribution in [0, 0.1) is 5.92 Å². The fraction of sp³-hybridized carbons (Fsp3) is 0.600. The van der Waals surface area contributed by atoms with Gasteiger partial charge in [0.25, 0.3) is 0 Å². The lowest BCUT2D eigenvalue weighted by atomic mass is 9.57. The molecule has 0 saturated heterocycles. The Morgan fingerprint density at radius 1 is 1.29 bits per heavy atom. The molecule has 0 heterocycles. The van der Waals surface area contributed by atoms with Crippen molar-refractivity contribution in [1.29, 1.82) is 0 Å². The summed E-state index contributed by atoms with van der Waals surface area (Å²) in [5, 5.41) is 3.37. The van der Waals surface area contributed by atoms with Crippen LogP contribution in [-0.4, -0.2) is 13.6 Å². The molecule has 1 saturated carbocycles. The van der Waals surface area contributed by atoms with Crippen molar-refractivity contribution in [3.8, 4) is 0 Å². The van der Waals surface area contributed by atoms with Crippen LogP contribution in [-0.2, 0) is 5.41 Å². The van der Waals surface area contributed by atoms with Crippen molar-refractivity contribution in [2.24, 2.45) is 5.92 Å². The molecule has 94 valence electrons. The quantitative estimate of drug-likeness (QED) is 0.862. The van der Waals surface area contributed by atoms with E-state index in [9.17, 15) is 0 Å². The van der Waals surface area contributed by atoms with Gasteiger partial charge in [0.2, 0.25) is 0 Å². The lowest BCUT2D eigenvalue weighted by Gasteiger charge is -2.48. The lowest BCUT2D eigenvalue weighted by molar-refractivity contribution is 0.131. The second kappa shape index (κ2) is 5.53. The molecule has 1 aromatic rings. The van der Waals surface area contributed by atoms with Gasteiger partial charge < -0.3 is 5.32 Å². The second-order valence-electron chi connectivity index (χ2n) is 5.38. The van der Waals surface area contributed by atoms with Gasteiger partial charge in [-0.05, 0) is 43.5 Å². The highest BCUT2D eigenvalue weighted by Gasteiger charge is 2.44. The van der Waals surface area contributed by atoms with E-state index in [1.165, 1.54) is 35.7 Å². The Hall–Kier alpha value is -0.340. The highest BCUT2D eigenvalue weighted by molar-refractivity contribution is 9.10. The van der Waals surface area contributed by atoms with Crippen molar-refractivity contribution in [1.82, 2.24) is 5.32 Å². The van der Waals surface area contributed by atoms with Crippen LogP contribution < -0.4 is 5.32 Å². The number of likely N-dealkylation sites (N-methyl/N-ethyl adjacent to an activating group) is 1. The van der Waals surface area contributed by atoms with Gasteiger partial charge in [0.1, 0.15) is 0 Å². The Kier molecular flexibility index (Phi) is 4.26. The average molecular weight is 296 g/mol.